The minimum atomic E-state index is -0.0108. The predicted octanol–water partition coefficient (Wildman–Crippen LogP) is 3.81. The maximum Gasteiger partial charge on any atom is 0.243 e. The quantitative estimate of drug-likeness (QED) is 0.342. The minimum Gasteiger partial charge on any atom is -0.354 e. The van der Waals surface area contributed by atoms with Gasteiger partial charge in [-0.3, -0.25) is 4.79 Å². The number of likely N-dealkylation sites (N-methyl/N-ethyl adjacent to an activating group) is 1. The van der Waals surface area contributed by atoms with Crippen molar-refractivity contribution < 1.29 is 4.79 Å². The van der Waals surface area contributed by atoms with Gasteiger partial charge in [-0.15, -0.1) is 24.0 Å². The van der Waals surface area contributed by atoms with E-state index < -0.39 is 0 Å². The molecule has 0 saturated carbocycles. The summed E-state index contributed by atoms with van der Waals surface area (Å²) in [6.45, 7) is 8.85. The van der Waals surface area contributed by atoms with Crippen LogP contribution in [-0.4, -0.2) is 43.4 Å². The van der Waals surface area contributed by atoms with E-state index in [1.165, 1.54) is 5.56 Å². The standard InChI is InChI=1S/C20H34N4O.HI/c1-15(2)12-13-16(3)22-20(21-14-19(25)24(5)6)23-17(4)18-10-8-7-9-11-18;/h7-11,15-17H,12-14H2,1-6H3,(H2,21,22,23);1H. The van der Waals surface area contributed by atoms with Gasteiger partial charge < -0.3 is 15.5 Å². The highest BCUT2D eigenvalue weighted by molar-refractivity contribution is 14.0. The molecule has 0 heterocycles. The average Bonchev–Trinajstić information content (AvgIpc) is 2.58. The molecule has 0 aromatic heterocycles. The van der Waals surface area contributed by atoms with Gasteiger partial charge in [-0.2, -0.15) is 0 Å². The first kappa shape index (κ1) is 24.7. The minimum absolute atomic E-state index is 0. The van der Waals surface area contributed by atoms with E-state index >= 15 is 0 Å². The molecular formula is C20H35IN4O. The molecule has 0 aliphatic carbocycles. The fraction of sp³-hybridized carbons (Fsp3) is 0.600. The molecule has 0 aliphatic rings. The fourth-order valence-electron chi connectivity index (χ4n) is 2.34. The Bertz CT molecular complexity index is 546. The molecule has 26 heavy (non-hydrogen) atoms. The van der Waals surface area contributed by atoms with Crippen molar-refractivity contribution in [3.05, 3.63) is 35.9 Å². The van der Waals surface area contributed by atoms with E-state index in [4.69, 9.17) is 0 Å². The van der Waals surface area contributed by atoms with Crippen molar-refractivity contribution in [2.45, 2.75) is 52.6 Å². The maximum absolute atomic E-state index is 11.9. The zero-order valence-electron chi connectivity index (χ0n) is 17.0. The predicted molar refractivity (Wildman–Crippen MR) is 121 cm³/mol. The summed E-state index contributed by atoms with van der Waals surface area (Å²) in [7, 11) is 3.49. The van der Waals surface area contributed by atoms with E-state index in [2.05, 4.69) is 55.5 Å². The largest absolute Gasteiger partial charge is 0.354 e. The molecule has 0 saturated heterocycles. The number of hydrogen-bond donors (Lipinski definition) is 2. The molecule has 0 bridgehead atoms. The van der Waals surface area contributed by atoms with Gasteiger partial charge in [0.15, 0.2) is 5.96 Å². The molecule has 0 spiro atoms. The Hall–Kier alpha value is -1.31. The van der Waals surface area contributed by atoms with Gasteiger partial charge in [0.2, 0.25) is 5.91 Å². The highest BCUT2D eigenvalue weighted by atomic mass is 127. The summed E-state index contributed by atoms with van der Waals surface area (Å²) in [5.41, 5.74) is 1.19. The molecule has 6 heteroatoms. The smallest absolute Gasteiger partial charge is 0.243 e. The number of rotatable bonds is 8. The lowest BCUT2D eigenvalue weighted by Gasteiger charge is -2.23. The van der Waals surface area contributed by atoms with E-state index in [9.17, 15) is 4.79 Å². The summed E-state index contributed by atoms with van der Waals surface area (Å²) >= 11 is 0. The molecule has 2 unspecified atom stereocenters. The van der Waals surface area contributed by atoms with Crippen LogP contribution in [-0.2, 0) is 4.79 Å². The van der Waals surface area contributed by atoms with Crippen molar-refractivity contribution in [2.24, 2.45) is 10.9 Å². The zero-order valence-corrected chi connectivity index (χ0v) is 19.3. The monoisotopic (exact) mass is 474 g/mol. The number of nitrogens with zero attached hydrogens (tertiary/aromatic N) is 2. The van der Waals surface area contributed by atoms with Gasteiger partial charge in [-0.1, -0.05) is 44.2 Å². The molecule has 0 radical (unpaired) electrons. The highest BCUT2D eigenvalue weighted by Gasteiger charge is 2.12. The van der Waals surface area contributed by atoms with Crippen LogP contribution in [0, 0.1) is 5.92 Å². The molecule has 148 valence electrons. The molecule has 2 N–H and O–H groups in total. The summed E-state index contributed by atoms with van der Waals surface area (Å²) in [4.78, 5) is 17.9. The second-order valence-electron chi connectivity index (χ2n) is 7.25. The summed E-state index contributed by atoms with van der Waals surface area (Å²) in [6.07, 6.45) is 2.23. The Morgan fingerprint density at radius 3 is 2.19 bits per heavy atom. The molecule has 1 rings (SSSR count). The average molecular weight is 474 g/mol. The van der Waals surface area contributed by atoms with Gasteiger partial charge >= 0.3 is 0 Å². The second-order valence-corrected chi connectivity index (χ2v) is 7.25. The van der Waals surface area contributed by atoms with Crippen LogP contribution in [0.3, 0.4) is 0 Å². The van der Waals surface area contributed by atoms with Crippen molar-refractivity contribution in [1.29, 1.82) is 0 Å². The number of carbonyl (C=O) groups is 1. The number of halogens is 1. The van der Waals surface area contributed by atoms with Crippen molar-refractivity contribution in [1.82, 2.24) is 15.5 Å². The number of carbonyl (C=O) groups excluding carboxylic acids is 1. The first-order valence-corrected chi connectivity index (χ1v) is 9.12. The molecule has 1 aromatic rings. The number of guanidine groups is 1. The fourth-order valence-corrected chi connectivity index (χ4v) is 2.34. The van der Waals surface area contributed by atoms with E-state index in [-0.39, 0.29) is 42.5 Å². The lowest BCUT2D eigenvalue weighted by molar-refractivity contribution is -0.127. The van der Waals surface area contributed by atoms with Crippen LogP contribution in [0.4, 0.5) is 0 Å². The Morgan fingerprint density at radius 1 is 1.04 bits per heavy atom. The van der Waals surface area contributed by atoms with Crippen LogP contribution in [0.2, 0.25) is 0 Å². The topological polar surface area (TPSA) is 56.7 Å². The Labute approximate surface area is 176 Å². The molecule has 2 atom stereocenters. The molecular weight excluding hydrogens is 439 g/mol. The molecule has 5 nitrogen and oxygen atoms in total. The summed E-state index contributed by atoms with van der Waals surface area (Å²) in [5.74, 6) is 1.35. The summed E-state index contributed by atoms with van der Waals surface area (Å²) in [6, 6.07) is 10.6. The molecule has 0 fully saturated rings. The van der Waals surface area contributed by atoms with Crippen LogP contribution in [0.5, 0.6) is 0 Å². The van der Waals surface area contributed by atoms with E-state index in [1.54, 1.807) is 19.0 Å². The van der Waals surface area contributed by atoms with Crippen LogP contribution >= 0.6 is 24.0 Å². The third-order valence-corrected chi connectivity index (χ3v) is 4.08. The number of benzene rings is 1. The van der Waals surface area contributed by atoms with Crippen LogP contribution in [0.25, 0.3) is 0 Å². The SMILES string of the molecule is CC(C)CCC(C)NC(=NCC(=O)N(C)C)NC(C)c1ccccc1.I. The first-order chi connectivity index (χ1) is 11.8. The number of amides is 1. The van der Waals surface area contributed by atoms with Crippen molar-refractivity contribution in [3.63, 3.8) is 0 Å². The van der Waals surface area contributed by atoms with Gasteiger partial charge in [0.05, 0.1) is 6.04 Å². The number of aliphatic imine (C=N–C) groups is 1. The molecule has 1 aromatic carbocycles. The van der Waals surface area contributed by atoms with E-state index in [0.29, 0.717) is 17.9 Å². The van der Waals surface area contributed by atoms with Crippen molar-refractivity contribution >= 4 is 35.8 Å². The van der Waals surface area contributed by atoms with Gasteiger partial charge in [-0.05, 0) is 38.2 Å². The third-order valence-electron chi connectivity index (χ3n) is 4.08. The van der Waals surface area contributed by atoms with Gasteiger partial charge in [0.25, 0.3) is 0 Å². The van der Waals surface area contributed by atoms with Gasteiger partial charge in [0.1, 0.15) is 6.54 Å². The highest BCUT2D eigenvalue weighted by Crippen LogP contribution is 2.11. The van der Waals surface area contributed by atoms with Crippen LogP contribution in [0.15, 0.2) is 35.3 Å². The number of nitrogens with one attached hydrogen (secondary N) is 2. The Balaban J connectivity index is 0.00000625. The molecule has 0 aliphatic heterocycles. The van der Waals surface area contributed by atoms with Gasteiger partial charge in [0, 0.05) is 20.1 Å². The maximum atomic E-state index is 11.9. The van der Waals surface area contributed by atoms with Crippen LogP contribution < -0.4 is 10.6 Å². The first-order valence-electron chi connectivity index (χ1n) is 9.12. The van der Waals surface area contributed by atoms with Gasteiger partial charge in [-0.25, -0.2) is 4.99 Å². The Morgan fingerprint density at radius 2 is 1.65 bits per heavy atom. The Kier molecular flexibility index (Phi) is 12.3. The summed E-state index contributed by atoms with van der Waals surface area (Å²) < 4.78 is 0. The van der Waals surface area contributed by atoms with Crippen LogP contribution in [0.1, 0.15) is 52.1 Å². The molecule has 1 amide bonds. The second kappa shape index (κ2) is 12.9. The van der Waals surface area contributed by atoms with Crippen molar-refractivity contribution in [3.8, 4) is 0 Å². The number of hydrogen-bond acceptors (Lipinski definition) is 2. The van der Waals surface area contributed by atoms with Crippen molar-refractivity contribution in [2.75, 3.05) is 20.6 Å². The summed E-state index contributed by atoms with van der Waals surface area (Å²) in [5, 5.41) is 6.85. The lowest BCUT2D eigenvalue weighted by Crippen LogP contribution is -2.44. The third kappa shape index (κ3) is 9.99. The lowest BCUT2D eigenvalue weighted by atomic mass is 10.0. The normalized spacial score (nSPS) is 13.6. The zero-order chi connectivity index (χ0) is 18.8. The van der Waals surface area contributed by atoms with E-state index in [1.807, 2.05) is 18.2 Å². The van der Waals surface area contributed by atoms with E-state index in [0.717, 1.165) is 12.8 Å².